The summed E-state index contributed by atoms with van der Waals surface area (Å²) in [5, 5.41) is 2.76. The van der Waals surface area contributed by atoms with Crippen molar-refractivity contribution in [3.05, 3.63) is 0 Å². The number of carbonyl (C=O) groups excluding carboxylic acids is 3. The molecule has 1 aliphatic carbocycles. The number of nitrogens with zero attached hydrogens (tertiary/aromatic N) is 1. The van der Waals surface area contributed by atoms with Crippen LogP contribution in [0.25, 0.3) is 0 Å². The topological polar surface area (TPSA) is 66.5 Å². The Morgan fingerprint density at radius 1 is 1.28 bits per heavy atom. The van der Waals surface area contributed by atoms with Crippen molar-refractivity contribution in [2.24, 2.45) is 5.92 Å². The number of barbiturate groups is 1. The third-order valence-electron chi connectivity index (χ3n) is 3.75. The Hall–Kier alpha value is -1.04. The minimum Gasteiger partial charge on any atom is -0.277 e. The van der Waals surface area contributed by atoms with Crippen LogP contribution < -0.4 is 5.32 Å². The third kappa shape index (κ3) is 2.39. The normalized spacial score (nSPS) is 33.6. The van der Waals surface area contributed by atoms with E-state index in [0.717, 1.165) is 25.7 Å². The van der Waals surface area contributed by atoms with Gasteiger partial charge in [-0.2, -0.15) is 11.8 Å². The van der Waals surface area contributed by atoms with Crippen LogP contribution in [0.15, 0.2) is 0 Å². The molecular formula is C12H18N2O3S. The highest BCUT2D eigenvalue weighted by molar-refractivity contribution is 7.99. The molecule has 6 heteroatoms. The van der Waals surface area contributed by atoms with E-state index in [1.54, 1.807) is 18.7 Å². The van der Waals surface area contributed by atoms with Gasteiger partial charge in [-0.1, -0.05) is 6.42 Å². The molecule has 3 unspecified atom stereocenters. The zero-order chi connectivity index (χ0) is 13.3. The number of urea groups is 1. The molecule has 0 aromatic heterocycles. The molecule has 100 valence electrons. The van der Waals surface area contributed by atoms with E-state index < -0.39 is 17.9 Å². The van der Waals surface area contributed by atoms with Gasteiger partial charge in [-0.15, -0.1) is 0 Å². The van der Waals surface area contributed by atoms with Crippen LogP contribution in [0.3, 0.4) is 0 Å². The highest BCUT2D eigenvalue weighted by atomic mass is 32.2. The van der Waals surface area contributed by atoms with E-state index in [2.05, 4.69) is 11.6 Å². The molecule has 18 heavy (non-hydrogen) atoms. The first-order valence-electron chi connectivity index (χ1n) is 6.25. The lowest BCUT2D eigenvalue weighted by atomic mass is 9.92. The fraction of sp³-hybridized carbons (Fsp3) is 0.750. The second kappa shape index (κ2) is 5.30. The monoisotopic (exact) mass is 270 g/mol. The Balaban J connectivity index is 2.13. The second-order valence-electron chi connectivity index (χ2n) is 4.90. The SMILES string of the molecule is CSC1CCCC(N2C(=O)NC(=O)C(C)C2=O)C1. The molecule has 0 radical (unpaired) electrons. The zero-order valence-corrected chi connectivity index (χ0v) is 11.5. The van der Waals surface area contributed by atoms with Crippen molar-refractivity contribution in [2.75, 3.05) is 6.26 Å². The summed E-state index contributed by atoms with van der Waals surface area (Å²) in [4.78, 5) is 36.6. The lowest BCUT2D eigenvalue weighted by Gasteiger charge is -2.38. The zero-order valence-electron chi connectivity index (χ0n) is 10.6. The lowest BCUT2D eigenvalue weighted by Crippen LogP contribution is -2.61. The summed E-state index contributed by atoms with van der Waals surface area (Å²) in [5.41, 5.74) is 0. The minimum atomic E-state index is -0.752. The Morgan fingerprint density at radius 3 is 2.67 bits per heavy atom. The highest BCUT2D eigenvalue weighted by Gasteiger charge is 2.42. The van der Waals surface area contributed by atoms with E-state index in [9.17, 15) is 14.4 Å². The van der Waals surface area contributed by atoms with Crippen LogP contribution in [0.2, 0.25) is 0 Å². The van der Waals surface area contributed by atoms with E-state index in [1.165, 1.54) is 4.90 Å². The van der Waals surface area contributed by atoms with Gasteiger partial charge < -0.3 is 0 Å². The van der Waals surface area contributed by atoms with Gasteiger partial charge in [0.05, 0.1) is 0 Å². The fourth-order valence-electron chi connectivity index (χ4n) is 2.61. The molecule has 1 aliphatic heterocycles. The van der Waals surface area contributed by atoms with Gasteiger partial charge >= 0.3 is 6.03 Å². The van der Waals surface area contributed by atoms with Crippen molar-refractivity contribution < 1.29 is 14.4 Å². The number of thioether (sulfide) groups is 1. The van der Waals surface area contributed by atoms with Crippen LogP contribution in [0.4, 0.5) is 4.79 Å². The first-order valence-corrected chi connectivity index (χ1v) is 7.54. The third-order valence-corrected chi connectivity index (χ3v) is 4.84. The summed E-state index contributed by atoms with van der Waals surface area (Å²) in [6.45, 7) is 1.55. The van der Waals surface area contributed by atoms with E-state index in [1.807, 2.05) is 0 Å². The van der Waals surface area contributed by atoms with Crippen molar-refractivity contribution in [2.45, 2.75) is 43.9 Å². The highest BCUT2D eigenvalue weighted by Crippen LogP contribution is 2.31. The Morgan fingerprint density at radius 2 is 2.00 bits per heavy atom. The molecule has 4 amide bonds. The molecule has 1 saturated heterocycles. The number of amides is 4. The first kappa shape index (κ1) is 13.4. The summed E-state index contributed by atoms with van der Waals surface area (Å²) in [6.07, 6.45) is 5.89. The number of hydrogen-bond acceptors (Lipinski definition) is 4. The van der Waals surface area contributed by atoms with Gasteiger partial charge in [-0.25, -0.2) is 4.79 Å². The molecule has 2 aliphatic rings. The maximum absolute atomic E-state index is 12.1. The summed E-state index contributed by atoms with van der Waals surface area (Å²) in [5.74, 6) is -1.59. The van der Waals surface area contributed by atoms with E-state index >= 15 is 0 Å². The predicted molar refractivity (Wildman–Crippen MR) is 69.1 cm³/mol. The molecule has 1 N–H and O–H groups in total. The van der Waals surface area contributed by atoms with Crippen LogP contribution in [0, 0.1) is 5.92 Å². The second-order valence-corrected chi connectivity index (χ2v) is 6.04. The Kier molecular flexibility index (Phi) is 3.94. The van der Waals surface area contributed by atoms with Gasteiger partial charge in [0, 0.05) is 11.3 Å². The van der Waals surface area contributed by atoms with Crippen LogP contribution in [0.1, 0.15) is 32.6 Å². The summed E-state index contributed by atoms with van der Waals surface area (Å²) >= 11 is 1.78. The van der Waals surface area contributed by atoms with Crippen molar-refractivity contribution in [1.82, 2.24) is 10.2 Å². The van der Waals surface area contributed by atoms with Crippen molar-refractivity contribution in [3.63, 3.8) is 0 Å². The van der Waals surface area contributed by atoms with Gasteiger partial charge in [-0.05, 0) is 32.4 Å². The molecule has 1 saturated carbocycles. The average Bonchev–Trinajstić information content (AvgIpc) is 2.36. The maximum Gasteiger partial charge on any atom is 0.331 e. The van der Waals surface area contributed by atoms with E-state index in [4.69, 9.17) is 0 Å². The van der Waals surface area contributed by atoms with Gasteiger partial charge in [0.2, 0.25) is 11.8 Å². The molecule has 0 aromatic rings. The Bertz CT molecular complexity index is 386. The van der Waals surface area contributed by atoms with Crippen LogP contribution in [0.5, 0.6) is 0 Å². The molecule has 5 nitrogen and oxygen atoms in total. The fourth-order valence-corrected chi connectivity index (χ4v) is 3.43. The van der Waals surface area contributed by atoms with Gasteiger partial charge in [0.15, 0.2) is 0 Å². The minimum absolute atomic E-state index is 0.0563. The van der Waals surface area contributed by atoms with Gasteiger partial charge in [0.1, 0.15) is 5.92 Å². The number of nitrogens with one attached hydrogen (secondary N) is 1. The summed E-state index contributed by atoms with van der Waals surface area (Å²) in [7, 11) is 0. The molecule has 0 bridgehead atoms. The van der Waals surface area contributed by atoms with Crippen molar-refractivity contribution in [1.29, 1.82) is 0 Å². The quantitative estimate of drug-likeness (QED) is 0.770. The van der Waals surface area contributed by atoms with Crippen molar-refractivity contribution in [3.8, 4) is 0 Å². The van der Waals surface area contributed by atoms with Crippen molar-refractivity contribution >= 4 is 29.6 Å². The van der Waals surface area contributed by atoms with Gasteiger partial charge in [0.25, 0.3) is 0 Å². The molecule has 0 aromatic carbocycles. The first-order chi connectivity index (χ1) is 8.54. The average molecular weight is 270 g/mol. The van der Waals surface area contributed by atoms with Crippen LogP contribution in [-0.4, -0.2) is 40.3 Å². The predicted octanol–water partition coefficient (Wildman–Crippen LogP) is 1.38. The largest absolute Gasteiger partial charge is 0.331 e. The summed E-state index contributed by atoms with van der Waals surface area (Å²) in [6, 6.07) is -0.603. The molecule has 0 spiro atoms. The standard InChI is InChI=1S/C12H18N2O3S/c1-7-10(15)13-12(17)14(11(7)16)8-4-3-5-9(6-8)18-2/h7-9H,3-6H2,1-2H3,(H,13,15,17). The molecule has 2 fully saturated rings. The molecule has 1 heterocycles. The smallest absolute Gasteiger partial charge is 0.277 e. The van der Waals surface area contributed by atoms with Gasteiger partial charge in [-0.3, -0.25) is 19.8 Å². The molecular weight excluding hydrogens is 252 g/mol. The number of rotatable bonds is 2. The van der Waals surface area contributed by atoms with E-state index in [0.29, 0.717) is 5.25 Å². The number of imide groups is 2. The maximum atomic E-state index is 12.1. The van der Waals surface area contributed by atoms with Crippen LogP contribution >= 0.6 is 11.8 Å². The lowest BCUT2D eigenvalue weighted by molar-refractivity contribution is -0.143. The number of carbonyl (C=O) groups is 3. The molecule has 3 atom stereocenters. The van der Waals surface area contributed by atoms with Crippen LogP contribution in [-0.2, 0) is 9.59 Å². The summed E-state index contributed by atoms with van der Waals surface area (Å²) < 4.78 is 0. The molecule has 2 rings (SSSR count). The van der Waals surface area contributed by atoms with E-state index in [-0.39, 0.29) is 11.9 Å². The number of hydrogen-bond donors (Lipinski definition) is 1. The Labute approximate surface area is 111 Å².